The Morgan fingerprint density at radius 2 is 1.91 bits per heavy atom. The predicted molar refractivity (Wildman–Crippen MR) is 126 cm³/mol. The lowest BCUT2D eigenvalue weighted by atomic mass is 10.1. The van der Waals surface area contributed by atoms with E-state index >= 15 is 0 Å². The first-order valence-electron chi connectivity index (χ1n) is 11.4. The molecule has 182 valence electrons. The summed E-state index contributed by atoms with van der Waals surface area (Å²) < 4.78 is 32.6. The summed E-state index contributed by atoms with van der Waals surface area (Å²) in [6.45, 7) is 2.95. The number of rotatable bonds is 6. The Bertz CT molecular complexity index is 1250. The highest BCUT2D eigenvalue weighted by Crippen LogP contribution is 2.30. The minimum atomic E-state index is -0.580. The molecule has 4 heterocycles. The topological polar surface area (TPSA) is 99.9 Å². The van der Waals surface area contributed by atoms with Crippen molar-refractivity contribution < 1.29 is 18.6 Å². The number of halogens is 2. The minimum Gasteiger partial charge on any atom is -0.480 e. The number of fused-ring (bicyclic) bond motifs is 1. The van der Waals surface area contributed by atoms with Crippen LogP contribution in [0.25, 0.3) is 11.4 Å². The molecule has 1 unspecified atom stereocenters. The Balaban J connectivity index is 1.42. The van der Waals surface area contributed by atoms with Gasteiger partial charge in [0.2, 0.25) is 5.88 Å². The van der Waals surface area contributed by atoms with Crippen molar-refractivity contribution in [2.75, 3.05) is 44.8 Å². The maximum atomic E-state index is 14.1. The maximum Gasteiger partial charge on any atom is 0.232 e. The minimum absolute atomic E-state index is 0.0608. The molecule has 5 rings (SSSR count). The Hall–Kier alpha value is -3.57. The molecule has 0 amide bonds. The van der Waals surface area contributed by atoms with Gasteiger partial charge >= 0.3 is 0 Å². The second-order valence-corrected chi connectivity index (χ2v) is 8.49. The van der Waals surface area contributed by atoms with E-state index in [0.29, 0.717) is 73.5 Å². The van der Waals surface area contributed by atoms with Gasteiger partial charge in [0.1, 0.15) is 28.7 Å². The smallest absolute Gasteiger partial charge is 0.232 e. The zero-order valence-corrected chi connectivity index (χ0v) is 19.2. The van der Waals surface area contributed by atoms with E-state index < -0.39 is 11.6 Å². The molecule has 2 aliphatic heterocycles. The number of methoxy groups -OCH3 is 1. The van der Waals surface area contributed by atoms with Crippen molar-refractivity contribution in [3.63, 3.8) is 0 Å². The van der Waals surface area contributed by atoms with Crippen LogP contribution in [0.4, 0.5) is 14.6 Å². The van der Waals surface area contributed by atoms with Crippen molar-refractivity contribution in [1.29, 1.82) is 0 Å². The van der Waals surface area contributed by atoms with Gasteiger partial charge in [0.15, 0.2) is 5.82 Å². The fourth-order valence-electron chi connectivity index (χ4n) is 4.25. The van der Waals surface area contributed by atoms with E-state index in [4.69, 9.17) is 14.7 Å². The van der Waals surface area contributed by atoms with Crippen LogP contribution in [0.5, 0.6) is 5.88 Å². The summed E-state index contributed by atoms with van der Waals surface area (Å²) in [5.41, 5.74) is 2.98. The van der Waals surface area contributed by atoms with Gasteiger partial charge in [-0.3, -0.25) is 14.9 Å². The highest BCUT2D eigenvalue weighted by Gasteiger charge is 2.27. The molecule has 1 atom stereocenters. The van der Waals surface area contributed by atoms with Gasteiger partial charge in [-0.15, -0.1) is 0 Å². The van der Waals surface area contributed by atoms with Gasteiger partial charge in [-0.25, -0.2) is 23.7 Å². The van der Waals surface area contributed by atoms with Gasteiger partial charge in [-0.2, -0.15) is 0 Å². The van der Waals surface area contributed by atoms with Crippen molar-refractivity contribution in [2.45, 2.75) is 19.0 Å². The molecule has 35 heavy (non-hydrogen) atoms. The number of piperazine rings is 1. The van der Waals surface area contributed by atoms with Crippen molar-refractivity contribution in [3.8, 4) is 17.3 Å². The third-order valence-corrected chi connectivity index (χ3v) is 6.17. The summed E-state index contributed by atoms with van der Waals surface area (Å²) in [7, 11) is 1.53. The molecular formula is C24H25F2N7O2. The molecule has 9 nitrogen and oxygen atoms in total. The number of ether oxygens (including phenoxy) is 1. The fraction of sp³-hybridized carbons (Fsp3) is 0.375. The Morgan fingerprint density at radius 1 is 1.09 bits per heavy atom. The molecular weight excluding hydrogens is 456 g/mol. The van der Waals surface area contributed by atoms with E-state index in [-0.39, 0.29) is 12.6 Å². The van der Waals surface area contributed by atoms with E-state index in [1.807, 2.05) is 0 Å². The number of hydrogen-bond acceptors (Lipinski definition) is 9. The van der Waals surface area contributed by atoms with Crippen LogP contribution >= 0.6 is 0 Å². The first-order valence-corrected chi connectivity index (χ1v) is 11.4. The van der Waals surface area contributed by atoms with Gasteiger partial charge in [0, 0.05) is 57.0 Å². The number of aliphatic hydroxyl groups is 1. The van der Waals surface area contributed by atoms with E-state index in [9.17, 15) is 13.9 Å². The van der Waals surface area contributed by atoms with Crippen LogP contribution in [0.3, 0.4) is 0 Å². The number of aromatic nitrogens is 4. The Kier molecular flexibility index (Phi) is 6.60. The molecule has 0 radical (unpaired) electrons. The molecule has 1 aromatic carbocycles. The van der Waals surface area contributed by atoms with E-state index in [2.05, 4.69) is 24.8 Å². The largest absolute Gasteiger partial charge is 0.480 e. The third kappa shape index (κ3) is 4.96. The molecule has 3 aromatic rings. The summed E-state index contributed by atoms with van der Waals surface area (Å²) in [4.78, 5) is 27.1. The van der Waals surface area contributed by atoms with Crippen LogP contribution in [0, 0.1) is 11.6 Å². The van der Waals surface area contributed by atoms with E-state index in [1.165, 1.54) is 25.4 Å². The van der Waals surface area contributed by atoms with Crippen LogP contribution in [0.15, 0.2) is 35.6 Å². The lowest BCUT2D eigenvalue weighted by molar-refractivity contribution is 0.246. The number of anilines is 1. The summed E-state index contributed by atoms with van der Waals surface area (Å²) in [5, 5.41) is 9.55. The quantitative estimate of drug-likeness (QED) is 0.570. The molecule has 1 N–H and O–H groups in total. The van der Waals surface area contributed by atoms with Crippen molar-refractivity contribution in [1.82, 2.24) is 24.8 Å². The normalized spacial score (nSPS) is 17.9. The molecule has 0 spiro atoms. The summed E-state index contributed by atoms with van der Waals surface area (Å²) in [6.07, 6.45) is 5.28. The molecule has 2 aliphatic rings. The van der Waals surface area contributed by atoms with E-state index in [0.717, 1.165) is 11.8 Å². The second-order valence-electron chi connectivity index (χ2n) is 8.49. The SMILES string of the molecule is COc1cncc(-c2nc3c(nc2N2CCN(Cc4ccc(F)cc4F)CC2)CC(CO)N=C3)n1. The van der Waals surface area contributed by atoms with Gasteiger partial charge in [0.05, 0.1) is 37.8 Å². The number of aliphatic imine (C=N–C) groups is 1. The van der Waals surface area contributed by atoms with E-state index in [1.54, 1.807) is 12.4 Å². The standard InChI is InChI=1S/C24H25F2N7O2/c1-35-22-12-27-10-21(29-22)23-24(31-19-9-17(14-34)28-11-20(19)30-23)33-6-4-32(5-7-33)13-15-2-3-16(25)8-18(15)26/h2-3,8,10-12,17,34H,4-7,9,13-14H2,1H3. The van der Waals surface area contributed by atoms with Crippen LogP contribution in [0.2, 0.25) is 0 Å². The zero-order valence-electron chi connectivity index (χ0n) is 19.2. The van der Waals surface area contributed by atoms with Gasteiger partial charge in [-0.05, 0) is 6.07 Å². The molecule has 0 aliphatic carbocycles. The average Bonchev–Trinajstić information content (AvgIpc) is 2.89. The first kappa shape index (κ1) is 23.2. The van der Waals surface area contributed by atoms with Gasteiger partial charge < -0.3 is 14.7 Å². The average molecular weight is 482 g/mol. The molecule has 0 saturated carbocycles. The predicted octanol–water partition coefficient (Wildman–Crippen LogP) is 1.88. The molecule has 2 aromatic heterocycles. The molecule has 1 fully saturated rings. The second kappa shape index (κ2) is 9.96. The van der Waals surface area contributed by atoms with Crippen molar-refractivity contribution >= 4 is 12.0 Å². The van der Waals surface area contributed by atoms with Crippen molar-refractivity contribution in [3.05, 3.63) is 59.2 Å². The van der Waals surface area contributed by atoms with Crippen LogP contribution < -0.4 is 9.64 Å². The number of benzene rings is 1. The van der Waals surface area contributed by atoms with Gasteiger partial charge in [0.25, 0.3) is 0 Å². The highest BCUT2D eigenvalue weighted by molar-refractivity contribution is 5.83. The highest BCUT2D eigenvalue weighted by atomic mass is 19.1. The summed E-state index contributed by atoms with van der Waals surface area (Å²) in [6, 6.07) is 3.44. The monoisotopic (exact) mass is 481 g/mol. The fourth-order valence-corrected chi connectivity index (χ4v) is 4.25. The van der Waals surface area contributed by atoms with Crippen LogP contribution in [0.1, 0.15) is 17.0 Å². The number of nitrogens with zero attached hydrogens (tertiary/aromatic N) is 7. The number of aliphatic hydroxyl groups excluding tert-OH is 1. The lowest BCUT2D eigenvalue weighted by Gasteiger charge is -2.36. The molecule has 1 saturated heterocycles. The van der Waals surface area contributed by atoms with Crippen molar-refractivity contribution in [2.24, 2.45) is 4.99 Å². The molecule has 0 bridgehead atoms. The summed E-state index contributed by atoms with van der Waals surface area (Å²) >= 11 is 0. The zero-order chi connectivity index (χ0) is 24.4. The Morgan fingerprint density at radius 3 is 2.66 bits per heavy atom. The third-order valence-electron chi connectivity index (χ3n) is 6.17. The number of hydrogen-bond donors (Lipinski definition) is 1. The van der Waals surface area contributed by atoms with Gasteiger partial charge in [-0.1, -0.05) is 6.07 Å². The Labute approximate surface area is 201 Å². The molecule has 11 heteroatoms. The van der Waals surface area contributed by atoms with Crippen LogP contribution in [-0.2, 0) is 13.0 Å². The lowest BCUT2D eigenvalue weighted by Crippen LogP contribution is -2.46. The first-order chi connectivity index (χ1) is 17.0. The van der Waals surface area contributed by atoms with Crippen LogP contribution in [-0.4, -0.2) is 82.1 Å². The maximum absolute atomic E-state index is 14.1. The summed E-state index contributed by atoms with van der Waals surface area (Å²) in [5.74, 6) is -0.0743.